The Balaban J connectivity index is 2.07. The van der Waals surface area contributed by atoms with Crippen molar-refractivity contribution in [3.8, 4) is 23.0 Å². The number of imidazole rings is 1. The first-order valence-electron chi connectivity index (χ1n) is 8.83. The molecule has 0 saturated carbocycles. The molecular weight excluding hydrogens is 394 g/mol. The maximum absolute atomic E-state index is 12.3. The van der Waals surface area contributed by atoms with Gasteiger partial charge < -0.3 is 18.8 Å². The molecule has 0 saturated heterocycles. The Kier molecular flexibility index (Phi) is 4.54. The molecule has 0 aliphatic carbocycles. The number of nitrogens with zero attached hydrogens (tertiary/aromatic N) is 6. The standard InChI is InChI=1S/C19H20ClN7O2/c1-10-13(20)12(29-5)8-11-14(10)26(4)16(15(11)27-7-6-21-9-27)17-22-18(24-23-17)19(28)25(2)3/h6-9H,1-5H3,(H,22,23,24). The van der Waals surface area contributed by atoms with Crippen LogP contribution in [0.4, 0.5) is 0 Å². The van der Waals surface area contributed by atoms with Gasteiger partial charge in [-0.25, -0.2) is 9.97 Å². The molecule has 4 rings (SSSR count). The Morgan fingerprint density at radius 3 is 2.72 bits per heavy atom. The number of hydrogen-bond acceptors (Lipinski definition) is 5. The lowest BCUT2D eigenvalue weighted by molar-refractivity contribution is 0.0816. The number of carbonyl (C=O) groups is 1. The molecule has 0 aliphatic rings. The first-order valence-corrected chi connectivity index (χ1v) is 9.21. The van der Waals surface area contributed by atoms with Gasteiger partial charge in [-0.05, 0) is 18.6 Å². The van der Waals surface area contributed by atoms with Crippen LogP contribution in [-0.2, 0) is 7.05 Å². The van der Waals surface area contributed by atoms with Gasteiger partial charge >= 0.3 is 0 Å². The third kappa shape index (κ3) is 2.85. The highest BCUT2D eigenvalue weighted by molar-refractivity contribution is 6.34. The molecule has 9 nitrogen and oxygen atoms in total. The van der Waals surface area contributed by atoms with E-state index in [4.69, 9.17) is 16.3 Å². The van der Waals surface area contributed by atoms with Gasteiger partial charge in [-0.2, -0.15) is 5.10 Å². The van der Waals surface area contributed by atoms with E-state index < -0.39 is 0 Å². The molecular formula is C19H20ClN7O2. The number of benzene rings is 1. The average molecular weight is 414 g/mol. The predicted octanol–water partition coefficient (Wildman–Crippen LogP) is 2.82. The van der Waals surface area contributed by atoms with Crippen LogP contribution in [0.1, 0.15) is 16.2 Å². The number of carbonyl (C=O) groups excluding carboxylic acids is 1. The second-order valence-electron chi connectivity index (χ2n) is 6.85. The fourth-order valence-electron chi connectivity index (χ4n) is 3.50. The van der Waals surface area contributed by atoms with Gasteiger partial charge in [0.25, 0.3) is 5.91 Å². The average Bonchev–Trinajstić information content (AvgIpc) is 3.42. The van der Waals surface area contributed by atoms with Crippen molar-refractivity contribution in [3.05, 3.63) is 41.2 Å². The number of halogens is 1. The lowest BCUT2D eigenvalue weighted by atomic mass is 10.1. The zero-order valence-corrected chi connectivity index (χ0v) is 17.4. The number of aromatic amines is 1. The van der Waals surface area contributed by atoms with Gasteiger partial charge in [0.1, 0.15) is 11.4 Å². The van der Waals surface area contributed by atoms with Crippen LogP contribution in [0.3, 0.4) is 0 Å². The van der Waals surface area contributed by atoms with Crippen molar-refractivity contribution in [3.63, 3.8) is 0 Å². The molecule has 29 heavy (non-hydrogen) atoms. The first kappa shape index (κ1) is 19.0. The summed E-state index contributed by atoms with van der Waals surface area (Å²) in [5, 5.41) is 8.50. The molecule has 0 bridgehead atoms. The third-order valence-electron chi connectivity index (χ3n) is 4.87. The first-order chi connectivity index (χ1) is 13.8. The van der Waals surface area contributed by atoms with Gasteiger partial charge in [0.05, 0.1) is 29.7 Å². The van der Waals surface area contributed by atoms with Crippen LogP contribution in [0.5, 0.6) is 5.75 Å². The predicted molar refractivity (Wildman–Crippen MR) is 110 cm³/mol. The zero-order valence-electron chi connectivity index (χ0n) is 16.7. The molecule has 3 aromatic heterocycles. The molecule has 150 valence electrons. The van der Waals surface area contributed by atoms with Crippen LogP contribution in [-0.4, -0.2) is 61.3 Å². The second kappa shape index (κ2) is 6.93. The van der Waals surface area contributed by atoms with Crippen LogP contribution < -0.4 is 4.74 Å². The van der Waals surface area contributed by atoms with Crippen LogP contribution >= 0.6 is 11.6 Å². The number of aromatic nitrogens is 6. The van der Waals surface area contributed by atoms with Gasteiger partial charge in [-0.1, -0.05) is 11.6 Å². The van der Waals surface area contributed by atoms with E-state index in [1.54, 1.807) is 33.7 Å². The Bertz CT molecular complexity index is 1220. The smallest absolute Gasteiger partial charge is 0.290 e. The molecule has 10 heteroatoms. The second-order valence-corrected chi connectivity index (χ2v) is 7.23. The van der Waals surface area contributed by atoms with Crippen molar-refractivity contribution < 1.29 is 9.53 Å². The van der Waals surface area contributed by atoms with E-state index in [0.29, 0.717) is 16.6 Å². The maximum Gasteiger partial charge on any atom is 0.290 e. The summed E-state index contributed by atoms with van der Waals surface area (Å²) < 4.78 is 9.32. The monoisotopic (exact) mass is 413 g/mol. The fourth-order valence-corrected chi connectivity index (χ4v) is 3.72. The number of fused-ring (bicyclic) bond motifs is 1. The van der Waals surface area contributed by atoms with Crippen molar-refractivity contribution in [2.75, 3.05) is 21.2 Å². The Hall–Kier alpha value is -3.33. The number of hydrogen-bond donors (Lipinski definition) is 1. The SMILES string of the molecule is COc1cc2c(-n3ccnc3)c(-c3n[nH]c(C(=O)N(C)C)n3)n(C)c2c(C)c1Cl. The number of amides is 1. The highest BCUT2D eigenvalue weighted by atomic mass is 35.5. The molecule has 1 aromatic carbocycles. The molecule has 0 spiro atoms. The number of methoxy groups -OCH3 is 1. The quantitative estimate of drug-likeness (QED) is 0.555. The van der Waals surface area contributed by atoms with Gasteiger partial charge in [0.15, 0.2) is 5.82 Å². The van der Waals surface area contributed by atoms with Crippen molar-refractivity contribution in [2.24, 2.45) is 7.05 Å². The summed E-state index contributed by atoms with van der Waals surface area (Å²) in [7, 11) is 6.82. The lowest BCUT2D eigenvalue weighted by Crippen LogP contribution is -2.22. The number of rotatable bonds is 4. The minimum Gasteiger partial charge on any atom is -0.495 e. The molecule has 0 aliphatic heterocycles. The molecule has 3 heterocycles. The van der Waals surface area contributed by atoms with Gasteiger partial charge in [0, 0.05) is 38.9 Å². The van der Waals surface area contributed by atoms with E-state index in [1.165, 1.54) is 4.90 Å². The normalized spacial score (nSPS) is 11.2. The number of aryl methyl sites for hydroxylation is 2. The Morgan fingerprint density at radius 2 is 2.10 bits per heavy atom. The summed E-state index contributed by atoms with van der Waals surface area (Å²) in [4.78, 5) is 22.3. The summed E-state index contributed by atoms with van der Waals surface area (Å²) in [6.07, 6.45) is 5.24. The zero-order chi connectivity index (χ0) is 20.9. The minimum absolute atomic E-state index is 0.166. The van der Waals surface area contributed by atoms with Crippen LogP contribution in [0.15, 0.2) is 24.8 Å². The highest BCUT2D eigenvalue weighted by Crippen LogP contribution is 2.42. The van der Waals surface area contributed by atoms with E-state index in [9.17, 15) is 4.79 Å². The summed E-state index contributed by atoms with van der Waals surface area (Å²) >= 11 is 6.51. The van der Waals surface area contributed by atoms with E-state index in [2.05, 4.69) is 20.2 Å². The van der Waals surface area contributed by atoms with E-state index in [1.807, 2.05) is 35.4 Å². The van der Waals surface area contributed by atoms with E-state index >= 15 is 0 Å². The van der Waals surface area contributed by atoms with Gasteiger partial charge in [-0.3, -0.25) is 9.89 Å². The fraction of sp³-hybridized carbons (Fsp3) is 0.263. The number of H-pyrrole nitrogens is 1. The summed E-state index contributed by atoms with van der Waals surface area (Å²) in [6, 6.07) is 1.89. The number of nitrogens with one attached hydrogen (secondary N) is 1. The highest BCUT2D eigenvalue weighted by Gasteiger charge is 2.26. The molecule has 0 unspecified atom stereocenters. The van der Waals surface area contributed by atoms with E-state index in [-0.39, 0.29) is 11.7 Å². The number of ether oxygens (including phenoxy) is 1. The molecule has 4 aromatic rings. The largest absolute Gasteiger partial charge is 0.495 e. The molecule has 0 radical (unpaired) electrons. The van der Waals surface area contributed by atoms with Crippen molar-refractivity contribution in [1.29, 1.82) is 0 Å². The molecule has 1 amide bonds. The van der Waals surface area contributed by atoms with Gasteiger partial charge in [-0.15, -0.1) is 0 Å². The van der Waals surface area contributed by atoms with Crippen LogP contribution in [0, 0.1) is 6.92 Å². The Labute approximate surface area is 171 Å². The van der Waals surface area contributed by atoms with Gasteiger partial charge in [0.2, 0.25) is 5.82 Å². The van der Waals surface area contributed by atoms with Crippen molar-refractivity contribution >= 4 is 28.4 Å². The van der Waals surface area contributed by atoms with E-state index in [0.717, 1.165) is 27.8 Å². The lowest BCUT2D eigenvalue weighted by Gasteiger charge is -2.09. The summed E-state index contributed by atoms with van der Waals surface area (Å²) in [6.45, 7) is 1.94. The third-order valence-corrected chi connectivity index (χ3v) is 5.34. The van der Waals surface area contributed by atoms with Crippen molar-refractivity contribution in [1.82, 2.24) is 34.2 Å². The maximum atomic E-state index is 12.3. The topological polar surface area (TPSA) is 93.9 Å². The summed E-state index contributed by atoms with van der Waals surface area (Å²) in [5.41, 5.74) is 3.33. The van der Waals surface area contributed by atoms with Crippen molar-refractivity contribution in [2.45, 2.75) is 6.92 Å². The van der Waals surface area contributed by atoms with Crippen LogP contribution in [0.2, 0.25) is 5.02 Å². The van der Waals surface area contributed by atoms with Crippen LogP contribution in [0.25, 0.3) is 28.1 Å². The Morgan fingerprint density at radius 1 is 1.34 bits per heavy atom. The molecule has 0 fully saturated rings. The molecule has 0 atom stereocenters. The minimum atomic E-state index is -0.257. The summed E-state index contributed by atoms with van der Waals surface area (Å²) in [5.74, 6) is 0.882. The molecule has 1 N–H and O–H groups in total.